The summed E-state index contributed by atoms with van der Waals surface area (Å²) >= 11 is 0. The molecule has 0 amide bonds. The summed E-state index contributed by atoms with van der Waals surface area (Å²) in [5.41, 5.74) is 6.28. The van der Waals surface area contributed by atoms with Crippen LogP contribution >= 0.6 is 0 Å². The van der Waals surface area contributed by atoms with Gasteiger partial charge in [0.05, 0.1) is 0 Å². The Kier molecular flexibility index (Phi) is 6.31. The molecule has 0 spiro atoms. The SMILES string of the molecule is CCCCCCC(N)C1CCC(CC)C1. The van der Waals surface area contributed by atoms with Gasteiger partial charge in [-0.3, -0.25) is 0 Å². The maximum absolute atomic E-state index is 6.28. The molecule has 0 aromatic rings. The van der Waals surface area contributed by atoms with Crippen LogP contribution in [-0.2, 0) is 0 Å². The van der Waals surface area contributed by atoms with Crippen molar-refractivity contribution in [3.63, 3.8) is 0 Å². The maximum atomic E-state index is 6.28. The zero-order valence-electron chi connectivity index (χ0n) is 10.7. The van der Waals surface area contributed by atoms with Gasteiger partial charge in [0.25, 0.3) is 0 Å². The minimum atomic E-state index is 0.499. The minimum absolute atomic E-state index is 0.499. The van der Waals surface area contributed by atoms with E-state index in [1.54, 1.807) is 0 Å². The molecule has 90 valence electrons. The van der Waals surface area contributed by atoms with Crippen LogP contribution in [0.3, 0.4) is 0 Å². The summed E-state index contributed by atoms with van der Waals surface area (Å²) in [5.74, 6) is 1.83. The van der Waals surface area contributed by atoms with Crippen LogP contribution in [0.1, 0.15) is 71.6 Å². The lowest BCUT2D eigenvalue weighted by molar-refractivity contribution is 0.379. The summed E-state index contributed by atoms with van der Waals surface area (Å²) < 4.78 is 0. The number of unbranched alkanes of at least 4 members (excludes halogenated alkanes) is 3. The Morgan fingerprint density at radius 2 is 1.93 bits per heavy atom. The normalized spacial score (nSPS) is 28.2. The third kappa shape index (κ3) is 4.55. The summed E-state index contributed by atoms with van der Waals surface area (Å²) in [6.45, 7) is 4.59. The van der Waals surface area contributed by atoms with Crippen LogP contribution in [0.2, 0.25) is 0 Å². The largest absolute Gasteiger partial charge is 0.327 e. The van der Waals surface area contributed by atoms with Gasteiger partial charge in [-0.05, 0) is 31.1 Å². The summed E-state index contributed by atoms with van der Waals surface area (Å²) in [7, 11) is 0. The second kappa shape index (κ2) is 7.27. The molecule has 3 unspecified atom stereocenters. The minimum Gasteiger partial charge on any atom is -0.327 e. The van der Waals surface area contributed by atoms with Crippen molar-refractivity contribution in [1.82, 2.24) is 0 Å². The summed E-state index contributed by atoms with van der Waals surface area (Å²) in [6, 6.07) is 0.499. The molecule has 1 heteroatoms. The molecule has 0 saturated heterocycles. The van der Waals surface area contributed by atoms with Crippen LogP contribution in [0.4, 0.5) is 0 Å². The molecular weight excluding hydrogens is 182 g/mol. The lowest BCUT2D eigenvalue weighted by atomic mass is 9.92. The fraction of sp³-hybridized carbons (Fsp3) is 1.00. The van der Waals surface area contributed by atoms with Crippen molar-refractivity contribution in [2.75, 3.05) is 0 Å². The van der Waals surface area contributed by atoms with Gasteiger partial charge in [-0.2, -0.15) is 0 Å². The first-order valence-corrected chi connectivity index (χ1v) is 7.03. The van der Waals surface area contributed by atoms with Crippen LogP contribution in [0.15, 0.2) is 0 Å². The van der Waals surface area contributed by atoms with E-state index in [-0.39, 0.29) is 0 Å². The maximum Gasteiger partial charge on any atom is 0.00672 e. The average molecular weight is 211 g/mol. The predicted octanol–water partition coefficient (Wildman–Crippen LogP) is 4.11. The topological polar surface area (TPSA) is 26.0 Å². The van der Waals surface area contributed by atoms with Gasteiger partial charge in [-0.25, -0.2) is 0 Å². The van der Waals surface area contributed by atoms with Crippen LogP contribution in [0.5, 0.6) is 0 Å². The molecule has 0 aromatic carbocycles. The first-order valence-electron chi connectivity index (χ1n) is 7.03. The highest BCUT2D eigenvalue weighted by Gasteiger charge is 2.27. The molecule has 1 nitrogen and oxygen atoms in total. The van der Waals surface area contributed by atoms with Gasteiger partial charge >= 0.3 is 0 Å². The fourth-order valence-electron chi connectivity index (χ4n) is 2.92. The average Bonchev–Trinajstić information content (AvgIpc) is 2.72. The van der Waals surface area contributed by atoms with E-state index in [4.69, 9.17) is 5.73 Å². The fourth-order valence-corrected chi connectivity index (χ4v) is 2.92. The van der Waals surface area contributed by atoms with Crippen LogP contribution in [0, 0.1) is 11.8 Å². The van der Waals surface area contributed by atoms with E-state index >= 15 is 0 Å². The Morgan fingerprint density at radius 3 is 2.53 bits per heavy atom. The summed E-state index contributed by atoms with van der Waals surface area (Å²) in [5, 5.41) is 0. The molecule has 1 rings (SSSR count). The number of hydrogen-bond acceptors (Lipinski definition) is 1. The lowest BCUT2D eigenvalue weighted by Crippen LogP contribution is -2.28. The molecule has 1 aliphatic carbocycles. The Labute approximate surface area is 95.8 Å². The highest BCUT2D eigenvalue weighted by Crippen LogP contribution is 2.35. The van der Waals surface area contributed by atoms with E-state index in [0.29, 0.717) is 6.04 Å². The zero-order valence-corrected chi connectivity index (χ0v) is 10.7. The Balaban J connectivity index is 2.09. The van der Waals surface area contributed by atoms with Gasteiger partial charge in [-0.15, -0.1) is 0 Å². The van der Waals surface area contributed by atoms with Crippen molar-refractivity contribution in [1.29, 1.82) is 0 Å². The monoisotopic (exact) mass is 211 g/mol. The van der Waals surface area contributed by atoms with Gasteiger partial charge in [0, 0.05) is 6.04 Å². The third-order valence-electron chi connectivity index (χ3n) is 4.16. The highest BCUT2D eigenvalue weighted by molar-refractivity contribution is 4.82. The van der Waals surface area contributed by atoms with Crippen LogP contribution in [-0.4, -0.2) is 6.04 Å². The van der Waals surface area contributed by atoms with Crippen LogP contribution < -0.4 is 5.73 Å². The summed E-state index contributed by atoms with van der Waals surface area (Å²) in [4.78, 5) is 0. The van der Waals surface area contributed by atoms with Crippen molar-refractivity contribution in [2.45, 2.75) is 77.7 Å². The molecule has 15 heavy (non-hydrogen) atoms. The van der Waals surface area contributed by atoms with Gasteiger partial charge in [0.2, 0.25) is 0 Å². The van der Waals surface area contributed by atoms with E-state index in [2.05, 4.69) is 13.8 Å². The third-order valence-corrected chi connectivity index (χ3v) is 4.16. The van der Waals surface area contributed by atoms with Crippen molar-refractivity contribution < 1.29 is 0 Å². The molecule has 3 atom stereocenters. The molecule has 2 N–H and O–H groups in total. The van der Waals surface area contributed by atoms with Crippen molar-refractivity contribution >= 4 is 0 Å². The predicted molar refractivity (Wildman–Crippen MR) is 67.9 cm³/mol. The Hall–Kier alpha value is -0.0400. The van der Waals surface area contributed by atoms with E-state index in [1.807, 2.05) is 0 Å². The Bertz CT molecular complexity index is 155. The smallest absolute Gasteiger partial charge is 0.00672 e. The molecule has 0 aliphatic heterocycles. The summed E-state index contributed by atoms with van der Waals surface area (Å²) in [6.07, 6.45) is 12.3. The quantitative estimate of drug-likeness (QED) is 0.630. The first kappa shape index (κ1) is 13.0. The molecule has 0 radical (unpaired) electrons. The number of nitrogens with two attached hydrogens (primary N) is 1. The standard InChI is InChI=1S/C14H29N/c1-3-5-6-7-8-14(15)13-10-9-12(4-2)11-13/h12-14H,3-11,15H2,1-2H3. The molecule has 0 aromatic heterocycles. The zero-order chi connectivity index (χ0) is 11.1. The van der Waals surface area contributed by atoms with Gasteiger partial charge in [0.1, 0.15) is 0 Å². The van der Waals surface area contributed by atoms with Gasteiger partial charge < -0.3 is 5.73 Å². The molecule has 1 aliphatic rings. The molecular formula is C14H29N. The molecule has 1 saturated carbocycles. The lowest BCUT2D eigenvalue weighted by Gasteiger charge is -2.19. The second-order valence-electron chi connectivity index (χ2n) is 5.36. The molecule has 0 heterocycles. The van der Waals surface area contributed by atoms with Gasteiger partial charge in [-0.1, -0.05) is 52.4 Å². The molecule has 0 bridgehead atoms. The van der Waals surface area contributed by atoms with Crippen LogP contribution in [0.25, 0.3) is 0 Å². The van der Waals surface area contributed by atoms with Crippen molar-refractivity contribution in [3.8, 4) is 0 Å². The second-order valence-corrected chi connectivity index (χ2v) is 5.36. The van der Waals surface area contributed by atoms with E-state index in [9.17, 15) is 0 Å². The first-order chi connectivity index (χ1) is 7.27. The Morgan fingerprint density at radius 1 is 1.13 bits per heavy atom. The van der Waals surface area contributed by atoms with Gasteiger partial charge in [0.15, 0.2) is 0 Å². The van der Waals surface area contributed by atoms with E-state index < -0.39 is 0 Å². The van der Waals surface area contributed by atoms with Crippen molar-refractivity contribution in [2.24, 2.45) is 17.6 Å². The van der Waals surface area contributed by atoms with E-state index in [0.717, 1.165) is 11.8 Å². The van der Waals surface area contributed by atoms with E-state index in [1.165, 1.54) is 57.8 Å². The molecule has 1 fully saturated rings. The number of rotatable bonds is 7. The highest BCUT2D eigenvalue weighted by atomic mass is 14.7. The van der Waals surface area contributed by atoms with Crippen molar-refractivity contribution in [3.05, 3.63) is 0 Å². The number of hydrogen-bond donors (Lipinski definition) is 1.